The SMILES string of the molecule is Cn1ccc(C2CN(C(=O)Nc3ccc4c(c3)OCO4)C2)n1. The van der Waals surface area contributed by atoms with E-state index in [2.05, 4.69) is 10.4 Å². The number of rotatable bonds is 2. The molecular formula is C15H16N4O3. The van der Waals surface area contributed by atoms with E-state index >= 15 is 0 Å². The maximum atomic E-state index is 12.2. The van der Waals surface area contributed by atoms with Crippen molar-refractivity contribution in [3.05, 3.63) is 36.2 Å². The predicted octanol–water partition coefficient (Wildman–Crippen LogP) is 1.78. The van der Waals surface area contributed by atoms with Gasteiger partial charge in [-0.15, -0.1) is 0 Å². The lowest BCUT2D eigenvalue weighted by Gasteiger charge is -2.38. The summed E-state index contributed by atoms with van der Waals surface area (Å²) in [5, 5.41) is 7.25. The van der Waals surface area contributed by atoms with Gasteiger partial charge in [-0.2, -0.15) is 5.10 Å². The summed E-state index contributed by atoms with van der Waals surface area (Å²) in [6.45, 7) is 1.60. The number of carbonyl (C=O) groups excluding carboxylic acids is 1. The number of likely N-dealkylation sites (tertiary alicyclic amines) is 1. The summed E-state index contributed by atoms with van der Waals surface area (Å²) >= 11 is 0. The zero-order valence-electron chi connectivity index (χ0n) is 12.2. The number of nitrogens with one attached hydrogen (secondary N) is 1. The lowest BCUT2D eigenvalue weighted by Crippen LogP contribution is -2.50. The molecule has 1 fully saturated rings. The average molecular weight is 300 g/mol. The molecule has 4 rings (SSSR count). The van der Waals surface area contributed by atoms with Crippen LogP contribution in [0.2, 0.25) is 0 Å². The van der Waals surface area contributed by atoms with Crippen molar-refractivity contribution >= 4 is 11.7 Å². The van der Waals surface area contributed by atoms with Gasteiger partial charge in [0, 0.05) is 44.0 Å². The fourth-order valence-corrected chi connectivity index (χ4v) is 2.66. The molecule has 22 heavy (non-hydrogen) atoms. The van der Waals surface area contributed by atoms with Crippen LogP contribution in [-0.4, -0.2) is 40.6 Å². The molecule has 0 aliphatic carbocycles. The number of urea groups is 1. The molecule has 7 nitrogen and oxygen atoms in total. The summed E-state index contributed by atoms with van der Waals surface area (Å²) in [6.07, 6.45) is 1.92. The Hall–Kier alpha value is -2.70. The highest BCUT2D eigenvalue weighted by Gasteiger charge is 2.33. The Morgan fingerprint density at radius 3 is 2.86 bits per heavy atom. The summed E-state index contributed by atoms with van der Waals surface area (Å²) in [7, 11) is 1.90. The van der Waals surface area contributed by atoms with E-state index in [4.69, 9.17) is 9.47 Å². The second kappa shape index (κ2) is 4.94. The molecule has 114 valence electrons. The van der Waals surface area contributed by atoms with Crippen molar-refractivity contribution in [1.29, 1.82) is 0 Å². The standard InChI is InChI=1S/C15H16N4O3/c1-18-5-4-12(17-18)10-7-19(8-10)15(20)16-11-2-3-13-14(6-11)22-9-21-13/h2-6,10H,7-9H2,1H3,(H,16,20). The lowest BCUT2D eigenvalue weighted by molar-refractivity contribution is 0.162. The Labute approximate surface area is 127 Å². The first-order chi connectivity index (χ1) is 10.7. The number of aromatic nitrogens is 2. The van der Waals surface area contributed by atoms with E-state index < -0.39 is 0 Å². The number of anilines is 1. The van der Waals surface area contributed by atoms with Crippen LogP contribution >= 0.6 is 0 Å². The van der Waals surface area contributed by atoms with Gasteiger partial charge in [0.2, 0.25) is 6.79 Å². The summed E-state index contributed by atoms with van der Waals surface area (Å²) in [5.74, 6) is 1.69. The van der Waals surface area contributed by atoms with Gasteiger partial charge in [-0.1, -0.05) is 0 Å². The van der Waals surface area contributed by atoms with Crippen molar-refractivity contribution in [3.8, 4) is 11.5 Å². The minimum absolute atomic E-state index is 0.106. The van der Waals surface area contributed by atoms with E-state index in [1.807, 2.05) is 19.3 Å². The molecule has 2 aliphatic heterocycles. The summed E-state index contributed by atoms with van der Waals surface area (Å²) in [5.41, 5.74) is 1.74. The van der Waals surface area contributed by atoms with Crippen LogP contribution < -0.4 is 14.8 Å². The number of ether oxygens (including phenoxy) is 2. The third kappa shape index (κ3) is 2.24. The van der Waals surface area contributed by atoms with Crippen LogP contribution in [-0.2, 0) is 7.05 Å². The van der Waals surface area contributed by atoms with Crippen LogP contribution in [0.3, 0.4) is 0 Å². The number of amides is 2. The van der Waals surface area contributed by atoms with E-state index in [0.29, 0.717) is 36.2 Å². The molecule has 1 N–H and O–H groups in total. The van der Waals surface area contributed by atoms with Crippen molar-refractivity contribution in [1.82, 2.24) is 14.7 Å². The van der Waals surface area contributed by atoms with Gasteiger partial charge in [0.1, 0.15) is 0 Å². The first kappa shape index (κ1) is 13.0. The number of benzene rings is 1. The quantitative estimate of drug-likeness (QED) is 0.918. The van der Waals surface area contributed by atoms with Crippen LogP contribution in [0.15, 0.2) is 30.5 Å². The lowest BCUT2D eigenvalue weighted by atomic mass is 9.97. The monoisotopic (exact) mass is 300 g/mol. The highest BCUT2D eigenvalue weighted by atomic mass is 16.7. The van der Waals surface area contributed by atoms with E-state index in [9.17, 15) is 4.79 Å². The zero-order valence-corrected chi connectivity index (χ0v) is 12.2. The maximum Gasteiger partial charge on any atom is 0.321 e. The van der Waals surface area contributed by atoms with Crippen LogP contribution in [0.25, 0.3) is 0 Å². The third-order valence-corrected chi connectivity index (χ3v) is 3.95. The van der Waals surface area contributed by atoms with E-state index in [1.165, 1.54) is 0 Å². The number of aryl methyl sites for hydroxylation is 1. The second-order valence-electron chi connectivity index (χ2n) is 5.51. The Morgan fingerprint density at radius 1 is 1.27 bits per heavy atom. The molecule has 7 heteroatoms. The first-order valence-corrected chi connectivity index (χ1v) is 7.14. The Balaban J connectivity index is 1.36. The minimum Gasteiger partial charge on any atom is -0.454 e. The smallest absolute Gasteiger partial charge is 0.321 e. The zero-order chi connectivity index (χ0) is 15.1. The molecule has 0 atom stereocenters. The van der Waals surface area contributed by atoms with Gasteiger partial charge < -0.3 is 19.7 Å². The van der Waals surface area contributed by atoms with Gasteiger partial charge in [-0.3, -0.25) is 4.68 Å². The van der Waals surface area contributed by atoms with Crippen molar-refractivity contribution in [2.75, 3.05) is 25.2 Å². The average Bonchev–Trinajstić information content (AvgIpc) is 3.05. The number of hydrogen-bond donors (Lipinski definition) is 1. The van der Waals surface area contributed by atoms with E-state index in [-0.39, 0.29) is 12.8 Å². The molecule has 0 bridgehead atoms. The number of fused-ring (bicyclic) bond motifs is 1. The Kier molecular flexibility index (Phi) is 2.92. The molecule has 2 amide bonds. The molecule has 0 radical (unpaired) electrons. The topological polar surface area (TPSA) is 68.6 Å². The van der Waals surface area contributed by atoms with Gasteiger partial charge in [0.15, 0.2) is 11.5 Å². The fraction of sp³-hybridized carbons (Fsp3) is 0.333. The molecule has 2 aromatic rings. The van der Waals surface area contributed by atoms with Crippen LogP contribution in [0, 0.1) is 0 Å². The van der Waals surface area contributed by atoms with E-state index in [0.717, 1.165) is 5.69 Å². The molecule has 1 aromatic heterocycles. The van der Waals surface area contributed by atoms with Crippen molar-refractivity contribution < 1.29 is 14.3 Å². The number of hydrogen-bond acceptors (Lipinski definition) is 4. The molecule has 1 aromatic carbocycles. The van der Waals surface area contributed by atoms with Gasteiger partial charge in [-0.25, -0.2) is 4.79 Å². The summed E-state index contributed by atoms with van der Waals surface area (Å²) in [6, 6.07) is 7.27. The van der Waals surface area contributed by atoms with Gasteiger partial charge in [0.25, 0.3) is 0 Å². The highest BCUT2D eigenvalue weighted by Crippen LogP contribution is 2.34. The number of carbonyl (C=O) groups is 1. The van der Waals surface area contributed by atoms with Gasteiger partial charge >= 0.3 is 6.03 Å². The Morgan fingerprint density at radius 2 is 2.09 bits per heavy atom. The molecule has 3 heterocycles. The van der Waals surface area contributed by atoms with E-state index in [1.54, 1.807) is 27.8 Å². The maximum absolute atomic E-state index is 12.2. The van der Waals surface area contributed by atoms with Gasteiger partial charge in [-0.05, 0) is 18.2 Å². The van der Waals surface area contributed by atoms with Crippen LogP contribution in [0.5, 0.6) is 11.5 Å². The van der Waals surface area contributed by atoms with Crippen molar-refractivity contribution in [2.45, 2.75) is 5.92 Å². The largest absolute Gasteiger partial charge is 0.454 e. The summed E-state index contributed by atoms with van der Waals surface area (Å²) in [4.78, 5) is 14.0. The molecule has 0 saturated carbocycles. The molecule has 0 spiro atoms. The van der Waals surface area contributed by atoms with Crippen molar-refractivity contribution in [3.63, 3.8) is 0 Å². The minimum atomic E-state index is -0.106. The van der Waals surface area contributed by atoms with Crippen LogP contribution in [0.1, 0.15) is 11.6 Å². The van der Waals surface area contributed by atoms with Gasteiger partial charge in [0.05, 0.1) is 5.69 Å². The Bertz CT molecular complexity index is 721. The highest BCUT2D eigenvalue weighted by molar-refractivity contribution is 5.90. The molecule has 0 unspecified atom stereocenters. The van der Waals surface area contributed by atoms with Crippen LogP contribution in [0.4, 0.5) is 10.5 Å². The summed E-state index contributed by atoms with van der Waals surface area (Å²) < 4.78 is 12.3. The second-order valence-corrected chi connectivity index (χ2v) is 5.51. The first-order valence-electron chi connectivity index (χ1n) is 7.14. The normalized spacial score (nSPS) is 16.5. The predicted molar refractivity (Wildman–Crippen MR) is 79.1 cm³/mol. The fourth-order valence-electron chi connectivity index (χ4n) is 2.66. The van der Waals surface area contributed by atoms with Crippen molar-refractivity contribution in [2.24, 2.45) is 7.05 Å². The molecular weight excluding hydrogens is 284 g/mol. The molecule has 2 aliphatic rings. The molecule has 1 saturated heterocycles. The third-order valence-electron chi connectivity index (χ3n) is 3.95. The number of nitrogens with zero attached hydrogens (tertiary/aromatic N) is 3.